The summed E-state index contributed by atoms with van der Waals surface area (Å²) in [6.07, 6.45) is 2.40. The topological polar surface area (TPSA) is 71.4 Å². The van der Waals surface area contributed by atoms with Crippen molar-refractivity contribution in [2.24, 2.45) is 5.92 Å². The summed E-state index contributed by atoms with van der Waals surface area (Å²) < 4.78 is 22.1. The molecule has 0 saturated carbocycles. The molecule has 0 aliphatic heterocycles. The maximum absolute atomic E-state index is 11.2. The van der Waals surface area contributed by atoms with Crippen molar-refractivity contribution in [1.29, 1.82) is 0 Å². The first-order chi connectivity index (χ1) is 8.79. The number of carbonyl (C=O) groups is 1. The summed E-state index contributed by atoms with van der Waals surface area (Å²) in [5, 5.41) is 9.21. The number of hydrogen-bond donors (Lipinski definition) is 1. The molecule has 0 bridgehead atoms. The van der Waals surface area contributed by atoms with Crippen molar-refractivity contribution in [3.8, 4) is 0 Å². The van der Waals surface area contributed by atoms with Gasteiger partial charge in [0.25, 0.3) is 0 Å². The summed E-state index contributed by atoms with van der Waals surface area (Å²) >= 11 is 0. The number of hydrogen-bond acceptors (Lipinski definition) is 3. The molecule has 1 aromatic carbocycles. The van der Waals surface area contributed by atoms with Crippen molar-refractivity contribution < 1.29 is 18.3 Å². The minimum atomic E-state index is -3.02. The van der Waals surface area contributed by atoms with Crippen LogP contribution in [0.15, 0.2) is 24.3 Å². The molecule has 0 aliphatic carbocycles. The number of aryl methyl sites for hydroxylation is 1. The van der Waals surface area contributed by atoms with Gasteiger partial charge in [0, 0.05) is 12.0 Å². The molecular weight excluding hydrogens is 264 g/mol. The zero-order valence-electron chi connectivity index (χ0n) is 11.3. The number of aliphatic carboxylic acids is 1. The molecule has 1 rings (SSSR count). The van der Waals surface area contributed by atoms with Crippen LogP contribution in [0.3, 0.4) is 0 Å². The third-order valence-electron chi connectivity index (χ3n) is 3.14. The van der Waals surface area contributed by atoms with Gasteiger partial charge in [0.2, 0.25) is 0 Å². The molecule has 0 saturated heterocycles. The fourth-order valence-electron chi connectivity index (χ4n) is 2.01. The van der Waals surface area contributed by atoms with Gasteiger partial charge in [0.15, 0.2) is 0 Å². The van der Waals surface area contributed by atoms with Crippen LogP contribution >= 0.6 is 0 Å². The molecule has 1 unspecified atom stereocenters. The van der Waals surface area contributed by atoms with Crippen LogP contribution in [0.2, 0.25) is 0 Å². The van der Waals surface area contributed by atoms with Gasteiger partial charge in [-0.3, -0.25) is 4.79 Å². The van der Waals surface area contributed by atoms with E-state index in [1.54, 1.807) is 0 Å². The Morgan fingerprint density at radius 3 is 2.47 bits per heavy atom. The van der Waals surface area contributed by atoms with Crippen LogP contribution in [-0.4, -0.2) is 31.5 Å². The highest BCUT2D eigenvalue weighted by Gasteiger charge is 2.19. The van der Waals surface area contributed by atoms with Crippen LogP contribution in [0.4, 0.5) is 0 Å². The van der Waals surface area contributed by atoms with Gasteiger partial charge in [0.05, 0.1) is 5.92 Å². The van der Waals surface area contributed by atoms with Crippen LogP contribution in [0, 0.1) is 12.8 Å². The predicted octanol–water partition coefficient (Wildman–Crippen LogP) is 2.06. The fraction of sp³-hybridized carbons (Fsp3) is 0.500. The van der Waals surface area contributed by atoms with E-state index in [1.807, 2.05) is 31.2 Å². The summed E-state index contributed by atoms with van der Waals surface area (Å²) in [5.74, 6) is -1.34. The molecule has 4 nitrogen and oxygen atoms in total. The molecule has 0 aromatic heterocycles. The van der Waals surface area contributed by atoms with Crippen LogP contribution in [0.1, 0.15) is 24.0 Å². The third-order valence-corrected chi connectivity index (χ3v) is 4.17. The fourth-order valence-corrected chi connectivity index (χ4v) is 2.70. The lowest BCUT2D eigenvalue weighted by atomic mass is 9.93. The average Bonchev–Trinajstić information content (AvgIpc) is 2.28. The number of benzene rings is 1. The Hall–Kier alpha value is -1.36. The van der Waals surface area contributed by atoms with E-state index >= 15 is 0 Å². The third kappa shape index (κ3) is 5.87. The van der Waals surface area contributed by atoms with Gasteiger partial charge in [-0.1, -0.05) is 24.3 Å². The van der Waals surface area contributed by atoms with Gasteiger partial charge in [-0.2, -0.15) is 0 Å². The van der Waals surface area contributed by atoms with Gasteiger partial charge >= 0.3 is 5.97 Å². The van der Waals surface area contributed by atoms with Crippen LogP contribution < -0.4 is 0 Å². The van der Waals surface area contributed by atoms with E-state index in [0.717, 1.165) is 11.1 Å². The molecule has 1 N–H and O–H groups in total. The maximum atomic E-state index is 11.2. The van der Waals surface area contributed by atoms with Crippen molar-refractivity contribution in [3.05, 3.63) is 35.4 Å². The van der Waals surface area contributed by atoms with Crippen molar-refractivity contribution in [2.75, 3.05) is 12.0 Å². The first-order valence-corrected chi connectivity index (χ1v) is 8.30. The second-order valence-corrected chi connectivity index (χ2v) is 7.20. The van der Waals surface area contributed by atoms with Gasteiger partial charge in [0.1, 0.15) is 9.84 Å². The van der Waals surface area contributed by atoms with Crippen LogP contribution in [0.5, 0.6) is 0 Å². The Morgan fingerprint density at radius 1 is 1.32 bits per heavy atom. The van der Waals surface area contributed by atoms with E-state index in [2.05, 4.69) is 0 Å². The zero-order valence-corrected chi connectivity index (χ0v) is 12.1. The minimum absolute atomic E-state index is 0.0462. The van der Waals surface area contributed by atoms with E-state index in [1.165, 1.54) is 6.26 Å². The quantitative estimate of drug-likeness (QED) is 0.832. The number of carboxylic acid groups (broad SMARTS) is 1. The molecule has 0 aliphatic rings. The van der Waals surface area contributed by atoms with Gasteiger partial charge < -0.3 is 5.11 Å². The lowest BCUT2D eigenvalue weighted by Gasteiger charge is -2.13. The van der Waals surface area contributed by atoms with Crippen molar-refractivity contribution in [3.63, 3.8) is 0 Å². The van der Waals surface area contributed by atoms with Crippen molar-refractivity contribution in [1.82, 2.24) is 0 Å². The summed E-state index contributed by atoms with van der Waals surface area (Å²) in [6.45, 7) is 1.95. The second kappa shape index (κ2) is 6.70. The summed E-state index contributed by atoms with van der Waals surface area (Å²) in [5.41, 5.74) is 2.08. The van der Waals surface area contributed by atoms with Crippen molar-refractivity contribution in [2.45, 2.75) is 26.2 Å². The van der Waals surface area contributed by atoms with E-state index in [0.29, 0.717) is 19.3 Å². The molecule has 1 atom stereocenters. The van der Waals surface area contributed by atoms with E-state index < -0.39 is 21.7 Å². The highest BCUT2D eigenvalue weighted by molar-refractivity contribution is 7.90. The van der Waals surface area contributed by atoms with Crippen LogP contribution in [-0.2, 0) is 21.1 Å². The smallest absolute Gasteiger partial charge is 0.306 e. The first kappa shape index (κ1) is 15.7. The molecule has 0 spiro atoms. The van der Waals surface area contributed by atoms with Crippen LogP contribution in [0.25, 0.3) is 0 Å². The first-order valence-electron chi connectivity index (χ1n) is 6.24. The van der Waals surface area contributed by atoms with Gasteiger partial charge in [-0.25, -0.2) is 8.42 Å². The minimum Gasteiger partial charge on any atom is -0.481 e. The van der Waals surface area contributed by atoms with E-state index in [9.17, 15) is 18.3 Å². The van der Waals surface area contributed by atoms with E-state index in [-0.39, 0.29) is 5.75 Å². The molecule has 0 fully saturated rings. The lowest BCUT2D eigenvalue weighted by Crippen LogP contribution is -2.18. The largest absolute Gasteiger partial charge is 0.481 e. The lowest BCUT2D eigenvalue weighted by molar-refractivity contribution is -0.141. The van der Waals surface area contributed by atoms with E-state index in [4.69, 9.17) is 0 Å². The van der Waals surface area contributed by atoms with Crippen molar-refractivity contribution >= 4 is 15.8 Å². The number of rotatable bonds is 7. The SMILES string of the molecule is Cc1ccccc1CC(CCCS(C)(=O)=O)C(=O)O. The Kier molecular flexibility index (Phi) is 5.54. The Balaban J connectivity index is 2.64. The monoisotopic (exact) mass is 284 g/mol. The average molecular weight is 284 g/mol. The number of carboxylic acids is 1. The normalized spacial score (nSPS) is 13.2. The highest BCUT2D eigenvalue weighted by atomic mass is 32.2. The number of sulfone groups is 1. The molecule has 1 aromatic rings. The molecule has 19 heavy (non-hydrogen) atoms. The molecular formula is C14H20O4S. The highest BCUT2D eigenvalue weighted by Crippen LogP contribution is 2.18. The second-order valence-electron chi connectivity index (χ2n) is 4.94. The molecule has 0 heterocycles. The standard InChI is InChI=1S/C14H20O4S/c1-11-6-3-4-7-12(11)10-13(14(15)16)8-5-9-19(2,17)18/h3-4,6-7,13H,5,8-10H2,1-2H3,(H,15,16). The Morgan fingerprint density at radius 2 is 1.95 bits per heavy atom. The molecule has 0 amide bonds. The Labute approximate surface area is 114 Å². The molecule has 0 radical (unpaired) electrons. The van der Waals surface area contributed by atoms with Gasteiger partial charge in [-0.05, 0) is 37.3 Å². The Bertz CT molecular complexity index is 534. The summed E-state index contributed by atoms with van der Waals surface area (Å²) in [4.78, 5) is 11.2. The zero-order chi connectivity index (χ0) is 14.5. The molecule has 106 valence electrons. The predicted molar refractivity (Wildman–Crippen MR) is 75.0 cm³/mol. The summed E-state index contributed by atoms with van der Waals surface area (Å²) in [7, 11) is -3.02. The summed E-state index contributed by atoms with van der Waals surface area (Å²) in [6, 6.07) is 7.67. The molecule has 5 heteroatoms. The maximum Gasteiger partial charge on any atom is 0.306 e. The van der Waals surface area contributed by atoms with Gasteiger partial charge in [-0.15, -0.1) is 0 Å².